The zero-order valence-electron chi connectivity index (χ0n) is 16.7. The van der Waals surface area contributed by atoms with Crippen LogP contribution >= 0.6 is 15.9 Å². The molecule has 3 aromatic rings. The summed E-state index contributed by atoms with van der Waals surface area (Å²) in [5, 5.41) is 2.75. The molecule has 30 heavy (non-hydrogen) atoms. The summed E-state index contributed by atoms with van der Waals surface area (Å²) in [5.41, 5.74) is 2.34. The molecule has 1 atom stereocenters. The van der Waals surface area contributed by atoms with Crippen LogP contribution in [-0.2, 0) is 4.74 Å². The molecule has 1 amide bonds. The van der Waals surface area contributed by atoms with Gasteiger partial charge in [-0.25, -0.2) is 4.98 Å². The van der Waals surface area contributed by atoms with Crippen LogP contribution in [0.2, 0.25) is 0 Å². The molecule has 154 valence electrons. The Bertz CT molecular complexity index is 1010. The van der Waals surface area contributed by atoms with Crippen LogP contribution in [0.25, 0.3) is 12.2 Å². The lowest BCUT2D eigenvalue weighted by Gasteiger charge is -2.15. The maximum Gasteiger partial charge on any atom is 0.257 e. The van der Waals surface area contributed by atoms with Crippen LogP contribution in [0.4, 0.5) is 5.82 Å². The van der Waals surface area contributed by atoms with Crippen molar-refractivity contribution in [2.75, 3.05) is 19.0 Å². The van der Waals surface area contributed by atoms with Crippen LogP contribution in [-0.4, -0.2) is 35.7 Å². The van der Waals surface area contributed by atoms with Crippen molar-refractivity contribution in [3.05, 3.63) is 82.2 Å². The van der Waals surface area contributed by atoms with E-state index in [0.29, 0.717) is 23.7 Å². The standard InChI is InChI=1S/C23H22BrN3O3/c1-16(15-29-2)30-21-12-18(4-3-17-5-7-20(24)8-6-17)11-19(13-21)23(28)27-22-14-25-9-10-26-22/h3-14,16H,15H2,1-2H3,(H,26,27,28)/b4-3+/t16-/m0/s1. The molecule has 0 aliphatic rings. The van der Waals surface area contributed by atoms with Crippen LogP contribution < -0.4 is 10.1 Å². The normalized spacial score (nSPS) is 12.0. The highest BCUT2D eigenvalue weighted by Gasteiger charge is 2.12. The van der Waals surface area contributed by atoms with Crippen molar-refractivity contribution in [2.24, 2.45) is 0 Å². The Hall–Kier alpha value is -3.03. The van der Waals surface area contributed by atoms with Crippen molar-refractivity contribution in [2.45, 2.75) is 13.0 Å². The minimum absolute atomic E-state index is 0.156. The number of carbonyl (C=O) groups is 1. The largest absolute Gasteiger partial charge is 0.488 e. The zero-order chi connectivity index (χ0) is 21.3. The summed E-state index contributed by atoms with van der Waals surface area (Å²) in [5.74, 6) is 0.675. The number of anilines is 1. The fraction of sp³-hybridized carbons (Fsp3) is 0.174. The lowest BCUT2D eigenvalue weighted by Crippen LogP contribution is -2.19. The number of halogens is 1. The Morgan fingerprint density at radius 2 is 1.90 bits per heavy atom. The molecule has 7 heteroatoms. The minimum Gasteiger partial charge on any atom is -0.488 e. The number of methoxy groups -OCH3 is 1. The summed E-state index contributed by atoms with van der Waals surface area (Å²) in [6, 6.07) is 13.4. The number of rotatable bonds is 8. The highest BCUT2D eigenvalue weighted by Crippen LogP contribution is 2.22. The van der Waals surface area contributed by atoms with Crippen LogP contribution in [0, 0.1) is 0 Å². The number of hydrogen-bond acceptors (Lipinski definition) is 5. The summed E-state index contributed by atoms with van der Waals surface area (Å²) >= 11 is 3.43. The van der Waals surface area contributed by atoms with Crippen molar-refractivity contribution in [3.63, 3.8) is 0 Å². The molecule has 1 heterocycles. The Labute approximate surface area is 184 Å². The van der Waals surface area contributed by atoms with E-state index in [0.717, 1.165) is 15.6 Å². The van der Waals surface area contributed by atoms with Gasteiger partial charge in [-0.05, 0) is 48.4 Å². The summed E-state index contributed by atoms with van der Waals surface area (Å²) in [4.78, 5) is 20.8. The molecule has 6 nitrogen and oxygen atoms in total. The Morgan fingerprint density at radius 3 is 2.60 bits per heavy atom. The third kappa shape index (κ3) is 6.50. The molecular formula is C23H22BrN3O3. The average Bonchev–Trinajstić information content (AvgIpc) is 2.74. The molecule has 0 bridgehead atoms. The van der Waals surface area contributed by atoms with Gasteiger partial charge in [-0.1, -0.05) is 40.2 Å². The third-order valence-corrected chi connectivity index (χ3v) is 4.60. The predicted molar refractivity (Wildman–Crippen MR) is 121 cm³/mol. The Balaban J connectivity index is 1.87. The van der Waals surface area contributed by atoms with E-state index in [9.17, 15) is 4.79 Å². The van der Waals surface area contributed by atoms with Crippen molar-refractivity contribution in [1.29, 1.82) is 0 Å². The maximum absolute atomic E-state index is 12.8. The molecule has 0 saturated heterocycles. The van der Waals surface area contributed by atoms with Crippen molar-refractivity contribution < 1.29 is 14.3 Å². The topological polar surface area (TPSA) is 73.3 Å². The van der Waals surface area contributed by atoms with Gasteiger partial charge < -0.3 is 14.8 Å². The van der Waals surface area contributed by atoms with Crippen LogP contribution in [0.5, 0.6) is 5.75 Å². The molecule has 0 radical (unpaired) electrons. The number of ether oxygens (including phenoxy) is 2. The lowest BCUT2D eigenvalue weighted by atomic mass is 10.1. The molecule has 3 rings (SSSR count). The van der Waals surface area contributed by atoms with Crippen molar-refractivity contribution in [3.8, 4) is 5.75 Å². The van der Waals surface area contributed by atoms with E-state index in [1.807, 2.05) is 49.4 Å². The van der Waals surface area contributed by atoms with Crippen LogP contribution in [0.3, 0.4) is 0 Å². The highest BCUT2D eigenvalue weighted by molar-refractivity contribution is 9.10. The van der Waals surface area contributed by atoms with Gasteiger partial charge in [0.1, 0.15) is 11.9 Å². The van der Waals surface area contributed by atoms with Gasteiger partial charge in [-0.3, -0.25) is 9.78 Å². The van der Waals surface area contributed by atoms with E-state index in [-0.39, 0.29) is 12.0 Å². The van der Waals surface area contributed by atoms with Gasteiger partial charge in [0.25, 0.3) is 5.91 Å². The first-order valence-electron chi connectivity index (χ1n) is 9.35. The second-order valence-electron chi connectivity index (χ2n) is 6.60. The lowest BCUT2D eigenvalue weighted by molar-refractivity contribution is 0.0917. The van der Waals surface area contributed by atoms with Gasteiger partial charge in [-0.2, -0.15) is 0 Å². The van der Waals surface area contributed by atoms with E-state index in [4.69, 9.17) is 9.47 Å². The minimum atomic E-state index is -0.293. The highest BCUT2D eigenvalue weighted by atomic mass is 79.9. The predicted octanol–water partition coefficient (Wildman–Crippen LogP) is 5.08. The van der Waals surface area contributed by atoms with Crippen LogP contribution in [0.1, 0.15) is 28.4 Å². The van der Waals surface area contributed by atoms with Crippen molar-refractivity contribution >= 4 is 39.8 Å². The van der Waals surface area contributed by atoms with E-state index in [2.05, 4.69) is 31.2 Å². The number of nitrogens with zero attached hydrogens (tertiary/aromatic N) is 2. The SMILES string of the molecule is COC[C@H](C)Oc1cc(/C=C/c2ccc(Br)cc2)cc(C(=O)Nc2cnccn2)c1. The summed E-state index contributed by atoms with van der Waals surface area (Å²) in [6.07, 6.45) is 8.33. The van der Waals surface area contributed by atoms with Gasteiger partial charge in [0.05, 0.1) is 12.8 Å². The van der Waals surface area contributed by atoms with E-state index in [1.165, 1.54) is 12.4 Å². The van der Waals surface area contributed by atoms with E-state index < -0.39 is 0 Å². The Kier molecular flexibility index (Phi) is 7.70. The summed E-state index contributed by atoms with van der Waals surface area (Å²) in [7, 11) is 1.62. The fourth-order valence-electron chi connectivity index (χ4n) is 2.74. The molecular weight excluding hydrogens is 446 g/mol. The first-order valence-corrected chi connectivity index (χ1v) is 10.1. The molecule has 0 fully saturated rings. The number of hydrogen-bond donors (Lipinski definition) is 1. The smallest absolute Gasteiger partial charge is 0.257 e. The monoisotopic (exact) mass is 467 g/mol. The molecule has 2 aromatic carbocycles. The van der Waals surface area contributed by atoms with Gasteiger partial charge in [0.15, 0.2) is 5.82 Å². The Morgan fingerprint density at radius 1 is 1.13 bits per heavy atom. The number of nitrogens with one attached hydrogen (secondary N) is 1. The van der Waals surface area contributed by atoms with Gasteiger partial charge in [0, 0.05) is 29.5 Å². The average molecular weight is 468 g/mol. The quantitative estimate of drug-likeness (QED) is 0.467. The van der Waals surface area contributed by atoms with Gasteiger partial charge >= 0.3 is 0 Å². The molecule has 0 aliphatic heterocycles. The van der Waals surface area contributed by atoms with Gasteiger partial charge in [-0.15, -0.1) is 0 Å². The molecule has 0 unspecified atom stereocenters. The fourth-order valence-corrected chi connectivity index (χ4v) is 3.00. The van der Waals surface area contributed by atoms with Gasteiger partial charge in [0.2, 0.25) is 0 Å². The van der Waals surface area contributed by atoms with E-state index >= 15 is 0 Å². The second kappa shape index (κ2) is 10.7. The van der Waals surface area contributed by atoms with Crippen molar-refractivity contribution in [1.82, 2.24) is 9.97 Å². The second-order valence-corrected chi connectivity index (χ2v) is 7.52. The molecule has 0 aliphatic carbocycles. The first kappa shape index (κ1) is 21.7. The molecule has 0 spiro atoms. The number of amides is 1. The number of aromatic nitrogens is 2. The summed E-state index contributed by atoms with van der Waals surface area (Å²) in [6.45, 7) is 2.35. The number of benzene rings is 2. The summed E-state index contributed by atoms with van der Waals surface area (Å²) < 4.78 is 12.1. The maximum atomic E-state index is 12.8. The molecule has 1 N–H and O–H groups in total. The first-order chi connectivity index (χ1) is 14.5. The number of carbonyl (C=O) groups excluding carboxylic acids is 1. The van der Waals surface area contributed by atoms with E-state index in [1.54, 1.807) is 25.4 Å². The van der Waals surface area contributed by atoms with Crippen LogP contribution in [0.15, 0.2) is 65.5 Å². The third-order valence-electron chi connectivity index (χ3n) is 4.07. The molecule has 0 saturated carbocycles. The molecule has 1 aromatic heterocycles. The zero-order valence-corrected chi connectivity index (χ0v) is 18.3.